The molecule has 8 heteroatoms. The third-order valence-electron chi connectivity index (χ3n) is 6.78. The smallest absolute Gasteiger partial charge is 0.240 e. The molecular formula is C26H17ClFN3O3. The number of benzene rings is 3. The standard InChI is InChI=1S/C26H17ClFN3O3/c27-18-7-3-4-8-19(18)30-25(33)20-21(26(30)34)23(24(32)14-9-11-16(28)12-10-14)31-22(20)17-6-2-1-5-15(17)13-29-31/h1-13,20-23H/t20-,21+,22-,23-/m1/s1. The van der Waals surface area contributed by atoms with Crippen molar-refractivity contribution < 1.29 is 18.8 Å². The first-order valence-corrected chi connectivity index (χ1v) is 11.2. The van der Waals surface area contributed by atoms with E-state index in [1.54, 1.807) is 35.5 Å². The Morgan fingerprint density at radius 3 is 2.32 bits per heavy atom. The molecule has 0 radical (unpaired) electrons. The van der Waals surface area contributed by atoms with Crippen LogP contribution in [0.25, 0.3) is 0 Å². The predicted octanol–water partition coefficient (Wildman–Crippen LogP) is 4.24. The van der Waals surface area contributed by atoms with Crippen LogP contribution in [0.5, 0.6) is 0 Å². The molecule has 168 valence electrons. The summed E-state index contributed by atoms with van der Waals surface area (Å²) in [6.07, 6.45) is 1.64. The number of carbonyl (C=O) groups excluding carboxylic acids is 3. The number of rotatable bonds is 3. The van der Waals surface area contributed by atoms with E-state index >= 15 is 0 Å². The van der Waals surface area contributed by atoms with Crippen LogP contribution in [-0.4, -0.2) is 34.9 Å². The minimum absolute atomic E-state index is 0.247. The van der Waals surface area contributed by atoms with E-state index < -0.39 is 47.3 Å². The van der Waals surface area contributed by atoms with E-state index in [1.165, 1.54) is 24.3 Å². The van der Waals surface area contributed by atoms with Crippen molar-refractivity contribution in [1.82, 2.24) is 5.01 Å². The van der Waals surface area contributed by atoms with E-state index in [0.29, 0.717) is 5.69 Å². The number of carbonyl (C=O) groups is 3. The number of Topliss-reactive ketones (excluding diaryl/α,β-unsaturated/α-hetero) is 1. The Kier molecular flexibility index (Phi) is 4.64. The maximum absolute atomic E-state index is 13.8. The average molecular weight is 474 g/mol. The average Bonchev–Trinajstić information content (AvgIpc) is 3.32. The molecule has 0 N–H and O–H groups in total. The zero-order valence-corrected chi connectivity index (χ0v) is 18.4. The van der Waals surface area contributed by atoms with Crippen LogP contribution in [0.15, 0.2) is 77.9 Å². The Bertz CT molecular complexity index is 1390. The molecule has 3 aromatic carbocycles. The second-order valence-corrected chi connectivity index (χ2v) is 8.94. The van der Waals surface area contributed by atoms with Gasteiger partial charge in [-0.2, -0.15) is 5.10 Å². The summed E-state index contributed by atoms with van der Waals surface area (Å²) in [5.41, 5.74) is 2.19. The van der Waals surface area contributed by atoms with E-state index in [9.17, 15) is 18.8 Å². The molecule has 3 aliphatic rings. The molecule has 6 rings (SSSR count). The van der Waals surface area contributed by atoms with Crippen LogP contribution in [0.2, 0.25) is 5.02 Å². The highest BCUT2D eigenvalue weighted by Gasteiger charge is 2.65. The minimum Gasteiger partial charge on any atom is -0.292 e. The van der Waals surface area contributed by atoms with Crippen LogP contribution in [-0.2, 0) is 9.59 Å². The molecule has 6 nitrogen and oxygen atoms in total. The molecule has 0 spiro atoms. The number of para-hydroxylation sites is 1. The van der Waals surface area contributed by atoms with Gasteiger partial charge in [0.2, 0.25) is 11.8 Å². The maximum Gasteiger partial charge on any atom is 0.240 e. The van der Waals surface area contributed by atoms with Crippen LogP contribution in [0.1, 0.15) is 27.5 Å². The minimum atomic E-state index is -1.02. The van der Waals surface area contributed by atoms with E-state index in [4.69, 9.17) is 11.6 Å². The number of amides is 2. The van der Waals surface area contributed by atoms with Crippen molar-refractivity contribution in [2.45, 2.75) is 12.1 Å². The summed E-state index contributed by atoms with van der Waals surface area (Å²) in [5, 5.41) is 6.35. The van der Waals surface area contributed by atoms with Gasteiger partial charge in [0.15, 0.2) is 5.78 Å². The van der Waals surface area contributed by atoms with Crippen molar-refractivity contribution in [1.29, 1.82) is 0 Å². The van der Waals surface area contributed by atoms with Crippen LogP contribution in [0, 0.1) is 17.7 Å². The lowest BCUT2D eigenvalue weighted by atomic mass is 9.83. The van der Waals surface area contributed by atoms with E-state index in [2.05, 4.69) is 5.10 Å². The number of ketones is 1. The molecule has 2 amide bonds. The Morgan fingerprint density at radius 2 is 1.56 bits per heavy atom. The topological polar surface area (TPSA) is 70.0 Å². The number of hydrogen-bond donors (Lipinski definition) is 0. The van der Waals surface area contributed by atoms with Gasteiger partial charge in [-0.3, -0.25) is 19.4 Å². The molecule has 0 unspecified atom stereocenters. The van der Waals surface area contributed by atoms with Crippen molar-refractivity contribution >= 4 is 41.1 Å². The lowest BCUT2D eigenvalue weighted by molar-refractivity contribution is -0.124. The fraction of sp³-hybridized carbons (Fsp3) is 0.154. The number of hydrogen-bond acceptors (Lipinski definition) is 5. The summed E-state index contributed by atoms with van der Waals surface area (Å²) in [5.74, 6) is -3.56. The number of halogens is 2. The Hall–Kier alpha value is -3.84. The third-order valence-corrected chi connectivity index (χ3v) is 7.10. The van der Waals surface area contributed by atoms with Gasteiger partial charge in [0, 0.05) is 5.56 Å². The molecule has 4 atom stereocenters. The lowest BCUT2D eigenvalue weighted by Gasteiger charge is -2.33. The molecule has 3 heterocycles. The van der Waals surface area contributed by atoms with Crippen molar-refractivity contribution in [3.63, 3.8) is 0 Å². The summed E-state index contributed by atoms with van der Waals surface area (Å²) in [7, 11) is 0. The van der Waals surface area contributed by atoms with Crippen molar-refractivity contribution in [2.75, 3.05) is 4.90 Å². The molecular weight excluding hydrogens is 457 g/mol. The monoisotopic (exact) mass is 473 g/mol. The quantitative estimate of drug-likeness (QED) is 0.421. The molecule has 3 aromatic rings. The van der Waals surface area contributed by atoms with Gasteiger partial charge < -0.3 is 0 Å². The van der Waals surface area contributed by atoms with E-state index in [1.807, 2.05) is 24.3 Å². The van der Waals surface area contributed by atoms with Crippen molar-refractivity contribution in [3.05, 3.63) is 100 Å². The largest absolute Gasteiger partial charge is 0.292 e. The Balaban J connectivity index is 1.51. The van der Waals surface area contributed by atoms with Gasteiger partial charge in [0.25, 0.3) is 0 Å². The molecule has 0 aromatic heterocycles. The van der Waals surface area contributed by atoms with Crippen LogP contribution in [0.3, 0.4) is 0 Å². The van der Waals surface area contributed by atoms with Crippen LogP contribution >= 0.6 is 11.6 Å². The second kappa shape index (κ2) is 7.60. The van der Waals surface area contributed by atoms with Gasteiger partial charge in [-0.05, 0) is 47.5 Å². The second-order valence-electron chi connectivity index (χ2n) is 8.53. The Labute approximate surface area is 199 Å². The van der Waals surface area contributed by atoms with E-state index in [0.717, 1.165) is 16.0 Å². The highest BCUT2D eigenvalue weighted by molar-refractivity contribution is 6.36. The normalized spacial score (nSPS) is 24.8. The van der Waals surface area contributed by atoms with Gasteiger partial charge >= 0.3 is 0 Å². The molecule has 2 saturated heterocycles. The van der Waals surface area contributed by atoms with Gasteiger partial charge in [0.05, 0.1) is 34.8 Å². The zero-order valence-electron chi connectivity index (χ0n) is 17.6. The molecule has 3 aliphatic heterocycles. The predicted molar refractivity (Wildman–Crippen MR) is 124 cm³/mol. The fourth-order valence-electron chi connectivity index (χ4n) is 5.32. The number of hydrazone groups is 1. The van der Waals surface area contributed by atoms with Gasteiger partial charge in [0.1, 0.15) is 11.9 Å². The fourth-order valence-corrected chi connectivity index (χ4v) is 5.54. The highest BCUT2D eigenvalue weighted by atomic mass is 35.5. The first-order chi connectivity index (χ1) is 16.5. The molecule has 34 heavy (non-hydrogen) atoms. The molecule has 0 saturated carbocycles. The first kappa shape index (κ1) is 20.7. The SMILES string of the molecule is O=C(c1ccc(F)cc1)[C@H]1[C@H]2C(=O)N(c3ccccc3Cl)C(=O)[C@H]2[C@H]2c3ccccc3C=NN21. The first-order valence-electron chi connectivity index (χ1n) is 10.8. The number of nitrogens with zero attached hydrogens (tertiary/aromatic N) is 3. The lowest BCUT2D eigenvalue weighted by Crippen LogP contribution is -2.44. The van der Waals surface area contributed by atoms with E-state index in [-0.39, 0.29) is 10.6 Å². The number of anilines is 1. The summed E-state index contributed by atoms with van der Waals surface area (Å²) < 4.78 is 13.5. The summed E-state index contributed by atoms with van der Waals surface area (Å²) in [4.78, 5) is 42.3. The summed E-state index contributed by atoms with van der Waals surface area (Å²) in [6.45, 7) is 0. The summed E-state index contributed by atoms with van der Waals surface area (Å²) in [6, 6.07) is 17.7. The van der Waals surface area contributed by atoms with Gasteiger partial charge in [-0.25, -0.2) is 9.29 Å². The van der Waals surface area contributed by atoms with Gasteiger partial charge in [-0.15, -0.1) is 0 Å². The Morgan fingerprint density at radius 1 is 0.882 bits per heavy atom. The maximum atomic E-state index is 13.8. The zero-order chi connectivity index (χ0) is 23.6. The summed E-state index contributed by atoms with van der Waals surface area (Å²) >= 11 is 6.34. The van der Waals surface area contributed by atoms with Crippen LogP contribution < -0.4 is 4.90 Å². The highest BCUT2D eigenvalue weighted by Crippen LogP contribution is 2.53. The molecule has 0 bridgehead atoms. The number of fused-ring (bicyclic) bond motifs is 5. The molecule has 0 aliphatic carbocycles. The van der Waals surface area contributed by atoms with Crippen molar-refractivity contribution in [3.8, 4) is 0 Å². The van der Waals surface area contributed by atoms with Crippen LogP contribution in [0.4, 0.5) is 10.1 Å². The van der Waals surface area contributed by atoms with Crippen molar-refractivity contribution in [2.24, 2.45) is 16.9 Å². The molecule has 2 fully saturated rings. The van der Waals surface area contributed by atoms with Gasteiger partial charge in [-0.1, -0.05) is 48.0 Å². The number of imide groups is 1. The third kappa shape index (κ3) is 2.86.